The van der Waals surface area contributed by atoms with Crippen LogP contribution in [0.3, 0.4) is 0 Å². The van der Waals surface area contributed by atoms with Crippen LogP contribution in [-0.2, 0) is 4.84 Å². The number of carbonyl (C=O) groups is 1. The van der Waals surface area contributed by atoms with Crippen LogP contribution in [0.2, 0.25) is 0 Å². The Morgan fingerprint density at radius 3 is 2.94 bits per heavy atom. The fraction of sp³-hybridized carbons (Fsp3) is 0.308. The highest BCUT2D eigenvalue weighted by atomic mass is 16.6. The van der Waals surface area contributed by atoms with E-state index in [2.05, 4.69) is 5.48 Å². The second kappa shape index (κ2) is 5.01. The van der Waals surface area contributed by atoms with Gasteiger partial charge in [-0.3, -0.25) is 9.63 Å². The summed E-state index contributed by atoms with van der Waals surface area (Å²) < 4.78 is 5.28. The first-order chi connectivity index (χ1) is 8.18. The Labute approximate surface area is 99.5 Å². The van der Waals surface area contributed by atoms with Gasteiger partial charge in [-0.25, -0.2) is 5.48 Å². The molecule has 0 aliphatic heterocycles. The SMILES string of the molecule is CC(C)CONC(=O)c1coc2ccccc12. The first-order valence-electron chi connectivity index (χ1n) is 5.57. The van der Waals surface area contributed by atoms with E-state index in [1.807, 2.05) is 38.1 Å². The molecule has 1 amide bonds. The Kier molecular flexibility index (Phi) is 3.44. The number of rotatable bonds is 4. The molecule has 90 valence electrons. The molecule has 0 aliphatic rings. The predicted octanol–water partition coefficient (Wildman–Crippen LogP) is 2.75. The minimum atomic E-state index is -0.282. The van der Waals surface area contributed by atoms with Crippen LogP contribution in [0.15, 0.2) is 34.9 Å². The third-order valence-electron chi connectivity index (χ3n) is 2.31. The largest absolute Gasteiger partial charge is 0.463 e. The molecule has 0 bridgehead atoms. The summed E-state index contributed by atoms with van der Waals surface area (Å²) in [6, 6.07) is 7.39. The maximum atomic E-state index is 11.8. The zero-order valence-electron chi connectivity index (χ0n) is 9.90. The summed E-state index contributed by atoms with van der Waals surface area (Å²) in [5.41, 5.74) is 3.60. The summed E-state index contributed by atoms with van der Waals surface area (Å²) in [6.45, 7) is 4.51. The van der Waals surface area contributed by atoms with Gasteiger partial charge < -0.3 is 4.42 Å². The summed E-state index contributed by atoms with van der Waals surface area (Å²) in [6.07, 6.45) is 1.44. The van der Waals surface area contributed by atoms with Crippen molar-refractivity contribution < 1.29 is 14.0 Å². The van der Waals surface area contributed by atoms with E-state index in [1.54, 1.807) is 0 Å². The molecule has 0 saturated carbocycles. The molecule has 0 atom stereocenters. The summed E-state index contributed by atoms with van der Waals surface area (Å²) in [5.74, 6) is 0.0898. The quantitative estimate of drug-likeness (QED) is 0.826. The Bertz CT molecular complexity index is 516. The van der Waals surface area contributed by atoms with Crippen molar-refractivity contribution in [3.63, 3.8) is 0 Å². The van der Waals surface area contributed by atoms with Gasteiger partial charge in [0.2, 0.25) is 0 Å². The second-order valence-corrected chi connectivity index (χ2v) is 4.28. The van der Waals surface area contributed by atoms with Gasteiger partial charge >= 0.3 is 0 Å². The molecular formula is C13H15NO3. The lowest BCUT2D eigenvalue weighted by Gasteiger charge is -2.06. The van der Waals surface area contributed by atoms with E-state index >= 15 is 0 Å². The lowest BCUT2D eigenvalue weighted by molar-refractivity contribution is 0.0209. The zero-order valence-corrected chi connectivity index (χ0v) is 9.90. The van der Waals surface area contributed by atoms with E-state index in [0.717, 1.165) is 5.39 Å². The number of para-hydroxylation sites is 1. The van der Waals surface area contributed by atoms with E-state index in [0.29, 0.717) is 23.7 Å². The topological polar surface area (TPSA) is 51.5 Å². The Balaban J connectivity index is 2.09. The van der Waals surface area contributed by atoms with Crippen LogP contribution < -0.4 is 5.48 Å². The van der Waals surface area contributed by atoms with E-state index in [1.165, 1.54) is 6.26 Å². The molecule has 0 saturated heterocycles. The fourth-order valence-corrected chi connectivity index (χ4v) is 1.48. The molecule has 1 aromatic carbocycles. The van der Waals surface area contributed by atoms with Gasteiger partial charge in [-0.05, 0) is 12.0 Å². The van der Waals surface area contributed by atoms with Crippen molar-refractivity contribution in [3.8, 4) is 0 Å². The molecule has 4 nitrogen and oxygen atoms in total. The predicted molar refractivity (Wildman–Crippen MR) is 64.5 cm³/mol. The van der Waals surface area contributed by atoms with Gasteiger partial charge in [0.15, 0.2) is 0 Å². The number of amides is 1. The lowest BCUT2D eigenvalue weighted by Crippen LogP contribution is -2.25. The number of hydrogen-bond acceptors (Lipinski definition) is 3. The fourth-order valence-electron chi connectivity index (χ4n) is 1.48. The number of benzene rings is 1. The summed E-state index contributed by atoms with van der Waals surface area (Å²) in [4.78, 5) is 16.9. The first kappa shape index (κ1) is 11.7. The molecule has 0 aliphatic carbocycles. The van der Waals surface area contributed by atoms with Crippen LogP contribution in [0.25, 0.3) is 11.0 Å². The molecule has 0 radical (unpaired) electrons. The molecule has 4 heteroatoms. The van der Waals surface area contributed by atoms with Gasteiger partial charge in [0.1, 0.15) is 11.8 Å². The molecule has 0 unspecified atom stereocenters. The van der Waals surface area contributed by atoms with E-state index < -0.39 is 0 Å². The molecular weight excluding hydrogens is 218 g/mol. The molecule has 0 fully saturated rings. The van der Waals surface area contributed by atoms with Gasteiger partial charge in [0.25, 0.3) is 5.91 Å². The van der Waals surface area contributed by atoms with Crippen molar-refractivity contribution in [2.45, 2.75) is 13.8 Å². The van der Waals surface area contributed by atoms with Gasteiger partial charge in [-0.1, -0.05) is 32.0 Å². The number of hydroxylamine groups is 1. The highest BCUT2D eigenvalue weighted by molar-refractivity contribution is 6.05. The van der Waals surface area contributed by atoms with Crippen molar-refractivity contribution in [1.82, 2.24) is 5.48 Å². The molecule has 2 rings (SSSR count). The maximum Gasteiger partial charge on any atom is 0.278 e. The summed E-state index contributed by atoms with van der Waals surface area (Å²) in [7, 11) is 0. The average Bonchev–Trinajstić information content (AvgIpc) is 2.72. The minimum Gasteiger partial charge on any atom is -0.463 e. The third-order valence-corrected chi connectivity index (χ3v) is 2.31. The number of hydrogen-bond donors (Lipinski definition) is 1. The number of carbonyl (C=O) groups excluding carboxylic acids is 1. The Morgan fingerprint density at radius 1 is 1.41 bits per heavy atom. The Hall–Kier alpha value is -1.81. The van der Waals surface area contributed by atoms with E-state index in [4.69, 9.17) is 9.25 Å². The molecule has 17 heavy (non-hydrogen) atoms. The smallest absolute Gasteiger partial charge is 0.278 e. The number of fused-ring (bicyclic) bond motifs is 1. The van der Waals surface area contributed by atoms with E-state index in [-0.39, 0.29) is 5.91 Å². The molecule has 2 aromatic rings. The van der Waals surface area contributed by atoms with Crippen LogP contribution in [0.1, 0.15) is 24.2 Å². The third kappa shape index (κ3) is 2.65. The molecule has 0 spiro atoms. The van der Waals surface area contributed by atoms with Crippen molar-refractivity contribution in [2.24, 2.45) is 5.92 Å². The van der Waals surface area contributed by atoms with Crippen molar-refractivity contribution >= 4 is 16.9 Å². The Morgan fingerprint density at radius 2 is 2.18 bits per heavy atom. The zero-order chi connectivity index (χ0) is 12.3. The summed E-state index contributed by atoms with van der Waals surface area (Å²) in [5, 5.41) is 0.790. The highest BCUT2D eigenvalue weighted by Crippen LogP contribution is 2.20. The first-order valence-corrected chi connectivity index (χ1v) is 5.57. The van der Waals surface area contributed by atoms with Crippen LogP contribution >= 0.6 is 0 Å². The van der Waals surface area contributed by atoms with Gasteiger partial charge in [0.05, 0.1) is 12.2 Å². The van der Waals surface area contributed by atoms with Crippen molar-refractivity contribution in [1.29, 1.82) is 0 Å². The standard InChI is InChI=1S/C13H15NO3/c1-9(2)7-17-14-13(15)11-8-16-12-6-4-3-5-10(11)12/h3-6,8-9H,7H2,1-2H3,(H,14,15). The monoisotopic (exact) mass is 233 g/mol. The number of furan rings is 1. The van der Waals surface area contributed by atoms with E-state index in [9.17, 15) is 4.79 Å². The van der Waals surface area contributed by atoms with Crippen LogP contribution in [0.4, 0.5) is 0 Å². The van der Waals surface area contributed by atoms with Crippen molar-refractivity contribution in [2.75, 3.05) is 6.61 Å². The van der Waals surface area contributed by atoms with Crippen molar-refractivity contribution in [3.05, 3.63) is 36.1 Å². The van der Waals surface area contributed by atoms with Crippen LogP contribution in [-0.4, -0.2) is 12.5 Å². The molecule has 1 heterocycles. The van der Waals surface area contributed by atoms with Gasteiger partial charge in [-0.15, -0.1) is 0 Å². The maximum absolute atomic E-state index is 11.8. The van der Waals surface area contributed by atoms with Crippen LogP contribution in [0, 0.1) is 5.92 Å². The molecule has 1 N–H and O–H groups in total. The highest BCUT2D eigenvalue weighted by Gasteiger charge is 2.13. The van der Waals surface area contributed by atoms with Crippen LogP contribution in [0.5, 0.6) is 0 Å². The van der Waals surface area contributed by atoms with Gasteiger partial charge in [-0.2, -0.15) is 0 Å². The number of nitrogens with one attached hydrogen (secondary N) is 1. The van der Waals surface area contributed by atoms with Gasteiger partial charge in [0, 0.05) is 5.39 Å². The lowest BCUT2D eigenvalue weighted by atomic mass is 10.2. The average molecular weight is 233 g/mol. The minimum absolute atomic E-state index is 0.282. The second-order valence-electron chi connectivity index (χ2n) is 4.28. The molecule has 1 aromatic heterocycles. The summed E-state index contributed by atoms with van der Waals surface area (Å²) >= 11 is 0. The normalized spacial score (nSPS) is 11.0.